The molecule has 0 aliphatic carbocycles. The van der Waals surface area contributed by atoms with E-state index in [1.165, 1.54) is 17.1 Å². The van der Waals surface area contributed by atoms with Crippen LogP contribution in [0, 0.1) is 0 Å². The highest BCUT2D eigenvalue weighted by molar-refractivity contribution is 5.96. The van der Waals surface area contributed by atoms with Crippen LogP contribution in [0.15, 0.2) is 55.0 Å². The number of amides is 1. The summed E-state index contributed by atoms with van der Waals surface area (Å²) in [4.78, 5) is 20.8. The minimum Gasteiger partial charge on any atom is -0.493 e. The molecule has 2 heterocycles. The van der Waals surface area contributed by atoms with Crippen LogP contribution in [-0.4, -0.2) is 46.5 Å². The fraction of sp³-hybridized carbons (Fsp3) is 0.222. The van der Waals surface area contributed by atoms with E-state index in [0.29, 0.717) is 5.56 Å². The summed E-state index contributed by atoms with van der Waals surface area (Å²) in [5, 5.41) is 25.6. The monoisotopic (exact) mass is 368 g/mol. The Bertz CT molecular complexity index is 922. The second-order valence-corrected chi connectivity index (χ2v) is 6.54. The second-order valence-electron chi connectivity index (χ2n) is 6.54. The fourth-order valence-electron chi connectivity index (χ4n) is 2.81. The van der Waals surface area contributed by atoms with Gasteiger partial charge in [-0.15, -0.1) is 0 Å². The summed E-state index contributed by atoms with van der Waals surface area (Å²) in [6.07, 6.45) is 4.31. The van der Waals surface area contributed by atoms with Crippen LogP contribution in [0.4, 0.5) is 0 Å². The van der Waals surface area contributed by atoms with Gasteiger partial charge in [-0.3, -0.25) is 9.80 Å². The number of benzene rings is 1. The van der Waals surface area contributed by atoms with E-state index in [2.05, 4.69) is 15.1 Å². The van der Waals surface area contributed by atoms with Gasteiger partial charge in [0.2, 0.25) is 5.88 Å². The molecule has 9 nitrogen and oxygen atoms in total. The third-order valence-corrected chi connectivity index (χ3v) is 3.99. The zero-order chi connectivity index (χ0) is 19.6. The molecule has 0 radical (unpaired) electrons. The van der Waals surface area contributed by atoms with Gasteiger partial charge >= 0.3 is 0 Å². The highest BCUT2D eigenvalue weighted by Gasteiger charge is 2.36. The van der Waals surface area contributed by atoms with Gasteiger partial charge in [0.25, 0.3) is 11.9 Å². The average Bonchev–Trinajstić information content (AvgIpc) is 3.15. The van der Waals surface area contributed by atoms with Gasteiger partial charge in [0.15, 0.2) is 0 Å². The van der Waals surface area contributed by atoms with E-state index >= 15 is 0 Å². The van der Waals surface area contributed by atoms with E-state index in [0.717, 1.165) is 5.01 Å². The first-order chi connectivity index (χ1) is 12.8. The lowest BCUT2D eigenvalue weighted by Gasteiger charge is -2.36. The molecule has 0 fully saturated rings. The van der Waals surface area contributed by atoms with Crippen molar-refractivity contribution in [2.24, 2.45) is 5.84 Å². The van der Waals surface area contributed by atoms with E-state index < -0.39 is 23.4 Å². The molecule has 0 spiro atoms. The maximum atomic E-state index is 12.9. The van der Waals surface area contributed by atoms with E-state index in [9.17, 15) is 15.0 Å². The SMILES string of the molecule is CC(C)(O)[C@@H](c1ccccc1)N(N)C(=O)c1cnc(-n2cccn2)nc1O. The number of nitrogens with two attached hydrogens (primary N) is 1. The Morgan fingerprint density at radius 3 is 2.52 bits per heavy atom. The molecule has 27 heavy (non-hydrogen) atoms. The Hall–Kier alpha value is -3.30. The number of hydrazine groups is 1. The van der Waals surface area contributed by atoms with Crippen molar-refractivity contribution in [1.29, 1.82) is 0 Å². The van der Waals surface area contributed by atoms with Crippen molar-refractivity contribution >= 4 is 5.91 Å². The van der Waals surface area contributed by atoms with E-state index in [4.69, 9.17) is 5.84 Å². The van der Waals surface area contributed by atoms with Gasteiger partial charge in [0, 0.05) is 18.6 Å². The molecule has 0 aliphatic rings. The number of aromatic hydroxyl groups is 1. The van der Waals surface area contributed by atoms with Crippen molar-refractivity contribution in [1.82, 2.24) is 24.8 Å². The summed E-state index contributed by atoms with van der Waals surface area (Å²) in [6, 6.07) is 9.73. The molecule has 9 heteroatoms. The summed E-state index contributed by atoms with van der Waals surface area (Å²) in [5.41, 5.74) is -0.870. The van der Waals surface area contributed by atoms with Crippen LogP contribution in [0.1, 0.15) is 35.8 Å². The topological polar surface area (TPSA) is 130 Å². The largest absolute Gasteiger partial charge is 0.493 e. The van der Waals surface area contributed by atoms with Crippen LogP contribution >= 0.6 is 0 Å². The van der Waals surface area contributed by atoms with Crippen molar-refractivity contribution in [2.75, 3.05) is 0 Å². The molecule has 0 saturated carbocycles. The van der Waals surface area contributed by atoms with Crippen molar-refractivity contribution in [2.45, 2.75) is 25.5 Å². The third kappa shape index (κ3) is 3.78. The predicted octanol–water partition coefficient (Wildman–Crippen LogP) is 1.20. The zero-order valence-corrected chi connectivity index (χ0v) is 14.9. The first kappa shape index (κ1) is 18.5. The van der Waals surface area contributed by atoms with Gasteiger partial charge in [-0.25, -0.2) is 15.5 Å². The van der Waals surface area contributed by atoms with Crippen LogP contribution in [0.2, 0.25) is 0 Å². The Morgan fingerprint density at radius 2 is 1.96 bits per heavy atom. The zero-order valence-electron chi connectivity index (χ0n) is 14.9. The Balaban J connectivity index is 1.94. The molecule has 4 N–H and O–H groups in total. The normalized spacial score (nSPS) is 12.6. The van der Waals surface area contributed by atoms with Gasteiger partial charge in [-0.2, -0.15) is 10.1 Å². The van der Waals surface area contributed by atoms with Crippen LogP contribution in [0.3, 0.4) is 0 Å². The van der Waals surface area contributed by atoms with Crippen molar-refractivity contribution in [3.8, 4) is 11.8 Å². The number of hydrogen-bond acceptors (Lipinski definition) is 7. The van der Waals surface area contributed by atoms with Gasteiger partial charge in [0.05, 0.1) is 5.60 Å². The minimum atomic E-state index is -1.34. The first-order valence-corrected chi connectivity index (χ1v) is 8.20. The molecule has 1 atom stereocenters. The smallest absolute Gasteiger partial charge is 0.275 e. The van der Waals surface area contributed by atoms with E-state index in [1.54, 1.807) is 50.4 Å². The van der Waals surface area contributed by atoms with Gasteiger partial charge < -0.3 is 10.2 Å². The minimum absolute atomic E-state index is 0.111. The Morgan fingerprint density at radius 1 is 1.26 bits per heavy atom. The van der Waals surface area contributed by atoms with Gasteiger partial charge in [-0.1, -0.05) is 30.3 Å². The number of aliphatic hydroxyl groups is 1. The molecule has 2 aromatic heterocycles. The predicted molar refractivity (Wildman–Crippen MR) is 96.7 cm³/mol. The third-order valence-electron chi connectivity index (χ3n) is 3.99. The molecular weight excluding hydrogens is 348 g/mol. The first-order valence-electron chi connectivity index (χ1n) is 8.20. The summed E-state index contributed by atoms with van der Waals surface area (Å²) in [5.74, 6) is 4.91. The molecule has 0 bridgehead atoms. The Labute approximate surface area is 155 Å². The highest BCUT2D eigenvalue weighted by Crippen LogP contribution is 2.31. The van der Waals surface area contributed by atoms with E-state index in [1.807, 2.05) is 6.07 Å². The number of rotatable bonds is 5. The van der Waals surface area contributed by atoms with Gasteiger partial charge in [0.1, 0.15) is 11.6 Å². The quantitative estimate of drug-likeness (QED) is 0.350. The van der Waals surface area contributed by atoms with Crippen molar-refractivity contribution in [3.05, 3.63) is 66.1 Å². The lowest BCUT2D eigenvalue weighted by Crippen LogP contribution is -2.49. The average molecular weight is 368 g/mol. The molecular formula is C18H20N6O3. The highest BCUT2D eigenvalue weighted by atomic mass is 16.3. The van der Waals surface area contributed by atoms with Crippen LogP contribution < -0.4 is 5.84 Å². The second kappa shape index (κ2) is 7.14. The summed E-state index contributed by atoms with van der Waals surface area (Å²) >= 11 is 0. The lowest BCUT2D eigenvalue weighted by molar-refractivity contribution is -0.0161. The van der Waals surface area contributed by atoms with Crippen molar-refractivity contribution < 1.29 is 15.0 Å². The van der Waals surface area contributed by atoms with Crippen LogP contribution in [0.5, 0.6) is 5.88 Å². The lowest BCUT2D eigenvalue weighted by atomic mass is 9.91. The summed E-state index contributed by atoms with van der Waals surface area (Å²) in [7, 11) is 0. The summed E-state index contributed by atoms with van der Waals surface area (Å²) in [6.45, 7) is 3.10. The van der Waals surface area contributed by atoms with Gasteiger partial charge in [-0.05, 0) is 25.5 Å². The maximum absolute atomic E-state index is 12.9. The number of nitrogens with zero attached hydrogens (tertiary/aromatic N) is 5. The molecule has 3 rings (SSSR count). The Kier molecular flexibility index (Phi) is 4.89. The number of carbonyl (C=O) groups excluding carboxylic acids is 1. The molecule has 0 unspecified atom stereocenters. The molecule has 3 aromatic rings. The number of carbonyl (C=O) groups is 1. The van der Waals surface area contributed by atoms with E-state index in [-0.39, 0.29) is 11.5 Å². The fourth-order valence-corrected chi connectivity index (χ4v) is 2.81. The standard InChI is InChI=1S/C18H20N6O3/c1-18(2,27)14(12-7-4-3-5-8-12)24(19)16(26)13-11-20-17(22-15(13)25)23-10-6-9-21-23/h3-11,14,27H,19H2,1-2H3,(H,20,22,25)/t14-/m1/s1. The molecule has 140 valence electrons. The molecule has 1 amide bonds. The van der Waals surface area contributed by atoms with Crippen molar-refractivity contribution in [3.63, 3.8) is 0 Å². The summed E-state index contributed by atoms with van der Waals surface area (Å²) < 4.78 is 1.35. The maximum Gasteiger partial charge on any atom is 0.275 e. The number of hydrogen-bond donors (Lipinski definition) is 3. The number of aromatic nitrogens is 4. The van der Waals surface area contributed by atoms with Crippen LogP contribution in [-0.2, 0) is 0 Å². The molecule has 0 saturated heterocycles. The van der Waals surface area contributed by atoms with Crippen LogP contribution in [0.25, 0.3) is 5.95 Å². The molecule has 0 aliphatic heterocycles. The molecule has 1 aromatic carbocycles.